The molecule has 0 saturated carbocycles. The third kappa shape index (κ3) is 2.81. The zero-order valence-corrected chi connectivity index (χ0v) is 12.7. The Balaban J connectivity index is 1.97. The van der Waals surface area contributed by atoms with Crippen molar-refractivity contribution >= 4 is 11.6 Å². The zero-order valence-electron chi connectivity index (χ0n) is 11.9. The number of hydrogen-bond acceptors (Lipinski definition) is 2. The van der Waals surface area contributed by atoms with Crippen LogP contribution in [0.4, 0.5) is 4.39 Å². The van der Waals surface area contributed by atoms with E-state index in [1.165, 1.54) is 11.6 Å². The summed E-state index contributed by atoms with van der Waals surface area (Å²) < 4.78 is 13.8. The number of nitrogens with one attached hydrogen (secondary N) is 1. The molecule has 2 aromatic rings. The van der Waals surface area contributed by atoms with Crippen molar-refractivity contribution in [2.45, 2.75) is 31.7 Å². The van der Waals surface area contributed by atoms with Gasteiger partial charge in [-0.3, -0.25) is 4.98 Å². The molecular formula is C17H18ClFN2. The lowest BCUT2D eigenvalue weighted by Gasteiger charge is -2.25. The first-order chi connectivity index (χ1) is 10.2. The molecule has 1 N–H and O–H groups in total. The molecule has 2 unspecified atom stereocenters. The number of aryl methyl sites for hydroxylation is 1. The lowest BCUT2D eigenvalue weighted by Crippen LogP contribution is -2.26. The topological polar surface area (TPSA) is 24.9 Å². The number of rotatable bonds is 4. The Bertz CT molecular complexity index is 644. The van der Waals surface area contributed by atoms with Crippen LogP contribution < -0.4 is 5.32 Å². The quantitative estimate of drug-likeness (QED) is 0.913. The van der Waals surface area contributed by atoms with E-state index >= 15 is 0 Å². The van der Waals surface area contributed by atoms with Gasteiger partial charge >= 0.3 is 0 Å². The van der Waals surface area contributed by atoms with E-state index < -0.39 is 0 Å². The van der Waals surface area contributed by atoms with E-state index in [0.717, 1.165) is 30.6 Å². The molecule has 110 valence electrons. The van der Waals surface area contributed by atoms with Crippen molar-refractivity contribution in [1.29, 1.82) is 0 Å². The summed E-state index contributed by atoms with van der Waals surface area (Å²) in [5, 5.41) is 3.64. The molecule has 1 aromatic heterocycles. The number of aromatic nitrogens is 1. The van der Waals surface area contributed by atoms with Crippen molar-refractivity contribution in [1.82, 2.24) is 10.3 Å². The van der Waals surface area contributed by atoms with Crippen molar-refractivity contribution in [2.24, 2.45) is 0 Å². The van der Waals surface area contributed by atoms with Crippen molar-refractivity contribution < 1.29 is 4.39 Å². The van der Waals surface area contributed by atoms with Gasteiger partial charge < -0.3 is 5.32 Å². The molecule has 1 heterocycles. The molecule has 1 aromatic carbocycles. The van der Waals surface area contributed by atoms with Gasteiger partial charge in [-0.1, -0.05) is 30.7 Å². The number of pyridine rings is 1. The maximum absolute atomic E-state index is 13.8. The van der Waals surface area contributed by atoms with Crippen molar-refractivity contribution in [3.8, 4) is 0 Å². The summed E-state index contributed by atoms with van der Waals surface area (Å²) in [5.74, 6) is -0.0852. The maximum Gasteiger partial charge on any atom is 0.142 e. The fourth-order valence-corrected chi connectivity index (χ4v) is 3.30. The highest BCUT2D eigenvalue weighted by Crippen LogP contribution is 2.40. The standard InChI is InChI=1S/C17H18ClFN2/c1-2-20-17(12-6-8-14(18)15(19)10-12)13-7-5-11-4-3-9-21-16(11)13/h3-4,6,8-10,13,17,20H,2,5,7H2,1H3. The van der Waals surface area contributed by atoms with E-state index in [1.807, 2.05) is 18.3 Å². The van der Waals surface area contributed by atoms with Gasteiger partial charge in [0.15, 0.2) is 0 Å². The molecule has 0 radical (unpaired) electrons. The third-order valence-electron chi connectivity index (χ3n) is 4.13. The summed E-state index contributed by atoms with van der Waals surface area (Å²) in [6, 6.07) is 9.25. The number of benzene rings is 1. The van der Waals surface area contributed by atoms with Gasteiger partial charge in [-0.25, -0.2) is 4.39 Å². The summed E-state index contributed by atoms with van der Waals surface area (Å²) >= 11 is 5.80. The Labute approximate surface area is 129 Å². The molecule has 0 aliphatic heterocycles. The molecule has 21 heavy (non-hydrogen) atoms. The van der Waals surface area contributed by atoms with Crippen LogP contribution in [0.1, 0.15) is 42.1 Å². The van der Waals surface area contributed by atoms with Crippen molar-refractivity contribution in [3.63, 3.8) is 0 Å². The normalized spacial score (nSPS) is 18.5. The lowest BCUT2D eigenvalue weighted by molar-refractivity contribution is 0.445. The molecular weight excluding hydrogens is 287 g/mol. The van der Waals surface area contributed by atoms with Crippen molar-refractivity contribution in [2.75, 3.05) is 6.54 Å². The highest BCUT2D eigenvalue weighted by Gasteiger charge is 2.31. The van der Waals surface area contributed by atoms with Crippen LogP contribution in [-0.2, 0) is 6.42 Å². The van der Waals surface area contributed by atoms with Gasteiger partial charge in [-0.2, -0.15) is 0 Å². The molecule has 2 nitrogen and oxygen atoms in total. The van der Waals surface area contributed by atoms with E-state index in [0.29, 0.717) is 0 Å². The second-order valence-corrected chi connectivity index (χ2v) is 5.81. The van der Waals surface area contributed by atoms with Gasteiger partial charge in [0.05, 0.1) is 5.02 Å². The number of fused-ring (bicyclic) bond motifs is 1. The summed E-state index contributed by atoms with van der Waals surface area (Å²) in [5.41, 5.74) is 3.38. The Morgan fingerprint density at radius 1 is 1.43 bits per heavy atom. The van der Waals surface area contributed by atoms with E-state index in [9.17, 15) is 4.39 Å². The minimum atomic E-state index is -0.365. The van der Waals surface area contributed by atoms with Crippen LogP contribution in [0.5, 0.6) is 0 Å². The third-order valence-corrected chi connectivity index (χ3v) is 4.44. The molecule has 0 saturated heterocycles. The largest absolute Gasteiger partial charge is 0.310 e. The average molecular weight is 305 g/mol. The highest BCUT2D eigenvalue weighted by atomic mass is 35.5. The Morgan fingerprint density at radius 3 is 3.05 bits per heavy atom. The predicted molar refractivity (Wildman–Crippen MR) is 83.1 cm³/mol. The van der Waals surface area contributed by atoms with Crippen LogP contribution in [-0.4, -0.2) is 11.5 Å². The molecule has 1 aliphatic carbocycles. The summed E-state index contributed by atoms with van der Waals surface area (Å²) in [7, 11) is 0. The minimum absolute atomic E-state index is 0.0675. The second kappa shape index (κ2) is 6.12. The van der Waals surface area contributed by atoms with Crippen LogP contribution in [0.2, 0.25) is 5.02 Å². The summed E-state index contributed by atoms with van der Waals surface area (Å²) in [6.45, 7) is 2.89. The minimum Gasteiger partial charge on any atom is -0.310 e. The maximum atomic E-state index is 13.8. The molecule has 0 spiro atoms. The summed E-state index contributed by atoms with van der Waals surface area (Å²) in [6.07, 6.45) is 3.91. The van der Waals surface area contributed by atoms with Crippen LogP contribution in [0.3, 0.4) is 0 Å². The second-order valence-electron chi connectivity index (χ2n) is 5.40. The Morgan fingerprint density at radius 2 is 2.29 bits per heavy atom. The van der Waals surface area contributed by atoms with Gasteiger partial charge in [-0.15, -0.1) is 0 Å². The molecule has 4 heteroatoms. The molecule has 0 bridgehead atoms. The molecule has 2 atom stereocenters. The first-order valence-corrected chi connectivity index (χ1v) is 7.70. The van der Waals surface area contributed by atoms with E-state index in [2.05, 4.69) is 23.3 Å². The van der Waals surface area contributed by atoms with Gasteiger partial charge in [-0.05, 0) is 48.7 Å². The van der Waals surface area contributed by atoms with Gasteiger partial charge in [0.25, 0.3) is 0 Å². The van der Waals surface area contributed by atoms with Crippen molar-refractivity contribution in [3.05, 3.63) is 64.2 Å². The SMILES string of the molecule is CCNC(c1ccc(Cl)c(F)c1)C1CCc2cccnc21. The van der Waals surface area contributed by atoms with E-state index in [4.69, 9.17) is 11.6 Å². The first kappa shape index (κ1) is 14.5. The fraction of sp³-hybridized carbons (Fsp3) is 0.353. The number of nitrogens with zero attached hydrogens (tertiary/aromatic N) is 1. The van der Waals surface area contributed by atoms with Gasteiger partial charge in [0.2, 0.25) is 0 Å². The predicted octanol–water partition coefficient (Wildman–Crippen LogP) is 4.25. The number of hydrogen-bond donors (Lipinski definition) is 1. The average Bonchev–Trinajstić information content (AvgIpc) is 2.92. The summed E-state index contributed by atoms with van der Waals surface area (Å²) in [4.78, 5) is 4.55. The molecule has 0 fully saturated rings. The zero-order chi connectivity index (χ0) is 14.8. The van der Waals surface area contributed by atoms with Gasteiger partial charge in [0.1, 0.15) is 5.82 Å². The number of likely N-dealkylation sites (N-methyl/N-ethyl adjacent to an activating group) is 1. The van der Waals surface area contributed by atoms with Crippen LogP contribution in [0.15, 0.2) is 36.5 Å². The van der Waals surface area contributed by atoms with Gasteiger partial charge in [0, 0.05) is 23.9 Å². The Kier molecular flexibility index (Phi) is 4.22. The first-order valence-electron chi connectivity index (χ1n) is 7.32. The van der Waals surface area contributed by atoms with E-state index in [-0.39, 0.29) is 22.8 Å². The van der Waals surface area contributed by atoms with Crippen LogP contribution >= 0.6 is 11.6 Å². The van der Waals surface area contributed by atoms with E-state index in [1.54, 1.807) is 6.07 Å². The monoisotopic (exact) mass is 304 g/mol. The molecule has 0 amide bonds. The van der Waals surface area contributed by atoms with Crippen LogP contribution in [0.25, 0.3) is 0 Å². The highest BCUT2D eigenvalue weighted by molar-refractivity contribution is 6.30. The smallest absolute Gasteiger partial charge is 0.142 e. The number of halogens is 2. The van der Waals surface area contributed by atoms with Crippen LogP contribution in [0, 0.1) is 5.82 Å². The molecule has 3 rings (SSSR count). The fourth-order valence-electron chi connectivity index (χ4n) is 3.19. The molecule has 1 aliphatic rings. The Hall–Kier alpha value is -1.45. The lowest BCUT2D eigenvalue weighted by atomic mass is 9.90.